The van der Waals surface area contributed by atoms with Crippen LogP contribution in [-0.2, 0) is 13.1 Å². The molecule has 1 amide bonds. The van der Waals surface area contributed by atoms with Crippen LogP contribution in [0.2, 0.25) is 0 Å². The molecule has 0 aliphatic carbocycles. The molecule has 0 saturated heterocycles. The number of nitriles is 1. The normalized spacial score (nSPS) is 10.5. The molecule has 0 saturated carbocycles. The van der Waals surface area contributed by atoms with Crippen LogP contribution in [0.1, 0.15) is 27.2 Å². The van der Waals surface area contributed by atoms with Crippen molar-refractivity contribution in [3.05, 3.63) is 100.0 Å². The van der Waals surface area contributed by atoms with Gasteiger partial charge in [0.25, 0.3) is 11.5 Å². The first kappa shape index (κ1) is 19.0. The van der Waals surface area contributed by atoms with Crippen molar-refractivity contribution in [2.24, 2.45) is 0 Å². The number of rotatable bonds is 6. The second-order valence-electron chi connectivity index (χ2n) is 6.48. The number of nitrogens with one attached hydrogen (secondary N) is 2. The third kappa shape index (κ3) is 3.77. The minimum atomic E-state index is -0.361. The van der Waals surface area contributed by atoms with E-state index in [9.17, 15) is 14.9 Å². The topological polar surface area (TPSA) is 112 Å². The van der Waals surface area contributed by atoms with Crippen molar-refractivity contribution in [1.29, 1.82) is 5.26 Å². The molecular weight excluding hydrogens is 382 g/mol. The van der Waals surface area contributed by atoms with Crippen molar-refractivity contribution < 1.29 is 9.21 Å². The van der Waals surface area contributed by atoms with Crippen LogP contribution >= 0.6 is 0 Å². The van der Waals surface area contributed by atoms with Crippen LogP contribution < -0.4 is 16.2 Å². The van der Waals surface area contributed by atoms with E-state index in [1.807, 2.05) is 12.1 Å². The van der Waals surface area contributed by atoms with E-state index in [1.54, 1.807) is 42.6 Å². The highest BCUT2D eigenvalue weighted by Crippen LogP contribution is 2.12. The molecule has 3 aromatic heterocycles. The SMILES string of the molecule is N#Cc1ccccc1CNc1cnc2c(C(=O)NCc3ccco3)cccn2c1=O. The van der Waals surface area contributed by atoms with E-state index in [2.05, 4.69) is 21.7 Å². The first-order valence-corrected chi connectivity index (χ1v) is 9.20. The molecule has 1 aromatic carbocycles. The molecule has 0 atom stereocenters. The summed E-state index contributed by atoms with van der Waals surface area (Å²) in [5.74, 6) is 0.262. The Bertz CT molecular complexity index is 1300. The molecule has 148 valence electrons. The van der Waals surface area contributed by atoms with Crippen LogP contribution in [0.5, 0.6) is 0 Å². The van der Waals surface area contributed by atoms with Gasteiger partial charge in [0, 0.05) is 12.7 Å². The first-order chi connectivity index (χ1) is 14.7. The lowest BCUT2D eigenvalue weighted by Gasteiger charge is -2.10. The van der Waals surface area contributed by atoms with E-state index in [-0.39, 0.29) is 34.9 Å². The number of nitrogens with zero attached hydrogens (tertiary/aromatic N) is 3. The van der Waals surface area contributed by atoms with Gasteiger partial charge in [-0.05, 0) is 35.9 Å². The number of amides is 1. The number of hydrogen-bond donors (Lipinski definition) is 2. The Labute approximate surface area is 171 Å². The Hall–Kier alpha value is -4.38. The van der Waals surface area contributed by atoms with Crippen LogP contribution in [0.25, 0.3) is 5.65 Å². The molecular formula is C22H17N5O3. The van der Waals surface area contributed by atoms with Gasteiger partial charge in [0.05, 0.1) is 36.2 Å². The van der Waals surface area contributed by atoms with E-state index in [0.717, 1.165) is 5.56 Å². The highest BCUT2D eigenvalue weighted by molar-refractivity contribution is 5.99. The Morgan fingerprint density at radius 2 is 2.00 bits per heavy atom. The van der Waals surface area contributed by atoms with Crippen molar-refractivity contribution in [2.45, 2.75) is 13.1 Å². The van der Waals surface area contributed by atoms with E-state index >= 15 is 0 Å². The number of anilines is 1. The monoisotopic (exact) mass is 399 g/mol. The Balaban J connectivity index is 1.58. The summed E-state index contributed by atoms with van der Waals surface area (Å²) in [5.41, 5.74) is 1.78. The number of aromatic nitrogens is 2. The number of carbonyl (C=O) groups excluding carboxylic acids is 1. The van der Waals surface area contributed by atoms with Gasteiger partial charge in [-0.25, -0.2) is 4.98 Å². The summed E-state index contributed by atoms with van der Waals surface area (Å²) >= 11 is 0. The molecule has 4 aromatic rings. The number of fused-ring (bicyclic) bond motifs is 1. The highest BCUT2D eigenvalue weighted by atomic mass is 16.3. The van der Waals surface area contributed by atoms with Crippen LogP contribution in [0.3, 0.4) is 0 Å². The minimum absolute atomic E-state index is 0.231. The molecule has 0 aliphatic rings. The van der Waals surface area contributed by atoms with Gasteiger partial charge in [-0.3, -0.25) is 14.0 Å². The van der Waals surface area contributed by atoms with Gasteiger partial charge in [-0.15, -0.1) is 0 Å². The van der Waals surface area contributed by atoms with Gasteiger partial charge in [0.15, 0.2) is 5.65 Å². The summed E-state index contributed by atoms with van der Waals surface area (Å²) in [6.07, 6.45) is 4.49. The summed E-state index contributed by atoms with van der Waals surface area (Å²) in [6, 6.07) is 16.0. The van der Waals surface area contributed by atoms with Crippen LogP contribution in [0.15, 0.2) is 76.4 Å². The zero-order valence-corrected chi connectivity index (χ0v) is 15.8. The van der Waals surface area contributed by atoms with Crippen molar-refractivity contribution in [3.63, 3.8) is 0 Å². The predicted octanol–water partition coefficient (Wildman–Crippen LogP) is 2.70. The zero-order chi connectivity index (χ0) is 20.9. The lowest BCUT2D eigenvalue weighted by atomic mass is 10.1. The molecule has 0 spiro atoms. The van der Waals surface area contributed by atoms with Crippen molar-refractivity contribution in [2.75, 3.05) is 5.32 Å². The predicted molar refractivity (Wildman–Crippen MR) is 110 cm³/mol. The lowest BCUT2D eigenvalue weighted by molar-refractivity contribution is 0.0949. The van der Waals surface area contributed by atoms with E-state index in [4.69, 9.17) is 4.42 Å². The van der Waals surface area contributed by atoms with Crippen LogP contribution in [0.4, 0.5) is 5.69 Å². The maximum absolute atomic E-state index is 12.9. The maximum atomic E-state index is 12.9. The van der Waals surface area contributed by atoms with Gasteiger partial charge >= 0.3 is 0 Å². The Morgan fingerprint density at radius 3 is 2.80 bits per heavy atom. The van der Waals surface area contributed by atoms with Crippen molar-refractivity contribution in [1.82, 2.24) is 14.7 Å². The van der Waals surface area contributed by atoms with Gasteiger partial charge in [-0.2, -0.15) is 5.26 Å². The minimum Gasteiger partial charge on any atom is -0.467 e. The van der Waals surface area contributed by atoms with Gasteiger partial charge in [-0.1, -0.05) is 18.2 Å². The van der Waals surface area contributed by atoms with E-state index in [1.165, 1.54) is 16.9 Å². The fraction of sp³-hybridized carbons (Fsp3) is 0.0909. The molecule has 4 rings (SSSR count). The second kappa shape index (κ2) is 8.32. The molecule has 30 heavy (non-hydrogen) atoms. The number of benzene rings is 1. The summed E-state index contributed by atoms with van der Waals surface area (Å²) in [5, 5.41) is 15.0. The summed E-state index contributed by atoms with van der Waals surface area (Å²) in [7, 11) is 0. The molecule has 0 aliphatic heterocycles. The van der Waals surface area contributed by atoms with Gasteiger partial charge < -0.3 is 15.1 Å². The van der Waals surface area contributed by atoms with E-state index < -0.39 is 0 Å². The molecule has 3 heterocycles. The second-order valence-corrected chi connectivity index (χ2v) is 6.48. The average Bonchev–Trinajstić information content (AvgIpc) is 3.30. The summed E-state index contributed by atoms with van der Waals surface area (Å²) < 4.78 is 6.53. The van der Waals surface area contributed by atoms with Crippen molar-refractivity contribution in [3.8, 4) is 6.07 Å². The Morgan fingerprint density at radius 1 is 1.13 bits per heavy atom. The number of furan rings is 1. The largest absolute Gasteiger partial charge is 0.467 e. The first-order valence-electron chi connectivity index (χ1n) is 9.20. The van der Waals surface area contributed by atoms with E-state index in [0.29, 0.717) is 17.9 Å². The number of pyridine rings is 1. The third-order valence-corrected chi connectivity index (χ3v) is 4.59. The molecule has 8 heteroatoms. The highest BCUT2D eigenvalue weighted by Gasteiger charge is 2.14. The Kier molecular flexibility index (Phi) is 5.26. The smallest absolute Gasteiger partial charge is 0.281 e. The molecule has 0 fully saturated rings. The molecule has 8 nitrogen and oxygen atoms in total. The summed E-state index contributed by atoms with van der Waals surface area (Å²) in [6.45, 7) is 0.533. The molecule has 0 bridgehead atoms. The maximum Gasteiger partial charge on any atom is 0.281 e. The zero-order valence-electron chi connectivity index (χ0n) is 15.8. The number of carbonyl (C=O) groups is 1. The fourth-order valence-corrected chi connectivity index (χ4v) is 3.05. The van der Waals surface area contributed by atoms with Crippen LogP contribution in [-0.4, -0.2) is 15.3 Å². The number of hydrogen-bond acceptors (Lipinski definition) is 6. The molecule has 0 unspecified atom stereocenters. The van der Waals surface area contributed by atoms with Gasteiger partial charge in [0.1, 0.15) is 11.4 Å². The molecule has 0 radical (unpaired) electrons. The summed E-state index contributed by atoms with van der Waals surface area (Å²) in [4.78, 5) is 29.8. The average molecular weight is 399 g/mol. The van der Waals surface area contributed by atoms with Crippen LogP contribution in [0, 0.1) is 11.3 Å². The standard InChI is InChI=1S/C22H17N5O3/c23-11-15-5-1-2-6-16(15)12-24-19-14-25-20-18(8-3-9-27(20)22(19)29)21(28)26-13-17-7-4-10-30-17/h1-10,14,24H,12-13H2,(H,26,28). The van der Waals surface area contributed by atoms with Gasteiger partial charge in [0.2, 0.25) is 0 Å². The lowest BCUT2D eigenvalue weighted by Crippen LogP contribution is -2.26. The quantitative estimate of drug-likeness (QED) is 0.515. The van der Waals surface area contributed by atoms with Crippen molar-refractivity contribution >= 4 is 17.2 Å². The molecule has 2 N–H and O–H groups in total. The fourth-order valence-electron chi connectivity index (χ4n) is 3.05. The third-order valence-electron chi connectivity index (χ3n) is 4.59.